The van der Waals surface area contributed by atoms with E-state index in [1.54, 1.807) is 13.2 Å². The molecule has 1 unspecified atom stereocenters. The number of rotatable bonds is 6. The predicted octanol–water partition coefficient (Wildman–Crippen LogP) is 5.11. The number of carbonyl (C=O) groups excluding carboxylic acids is 1. The molecule has 6 nitrogen and oxygen atoms in total. The summed E-state index contributed by atoms with van der Waals surface area (Å²) >= 11 is 0. The Kier molecular flexibility index (Phi) is 6.71. The highest BCUT2D eigenvalue weighted by atomic mass is 16.5. The Morgan fingerprint density at radius 3 is 2.67 bits per heavy atom. The highest BCUT2D eigenvalue weighted by molar-refractivity contribution is 6.01. The van der Waals surface area contributed by atoms with Gasteiger partial charge in [0.05, 0.1) is 12.6 Å². The number of amides is 1. The monoisotopic (exact) mass is 444 g/mol. The van der Waals surface area contributed by atoms with Crippen molar-refractivity contribution >= 4 is 22.9 Å². The van der Waals surface area contributed by atoms with Crippen LogP contribution in [0.4, 0.5) is 0 Å². The Bertz CT molecular complexity index is 1190. The van der Waals surface area contributed by atoms with E-state index in [2.05, 4.69) is 40.7 Å². The molecular formula is C27H32N4O2. The molecule has 6 heteroatoms. The summed E-state index contributed by atoms with van der Waals surface area (Å²) < 4.78 is 7.50. The summed E-state index contributed by atoms with van der Waals surface area (Å²) in [5.74, 6) is 0.222. The number of nitrogens with one attached hydrogen (secondary N) is 1. The second-order valence-corrected chi connectivity index (χ2v) is 9.05. The van der Waals surface area contributed by atoms with Crippen LogP contribution in [0.3, 0.4) is 0 Å². The maximum absolute atomic E-state index is 13.2. The summed E-state index contributed by atoms with van der Waals surface area (Å²) in [6.45, 7) is 8.08. The lowest BCUT2D eigenvalue weighted by molar-refractivity contribution is -0.127. The molecular weight excluding hydrogens is 412 g/mol. The van der Waals surface area contributed by atoms with Gasteiger partial charge < -0.3 is 19.2 Å². The summed E-state index contributed by atoms with van der Waals surface area (Å²) in [5, 5.41) is 11.0. The standard InChI is InChI=1S/C27H32N4O2/c1-18-13-23(20(3)31(18)19(2)17-33-4)14-24(16-28)27(32)30-11-9-21(10-12-30)26-15-22-7-5-6-8-25(22)29-26/h5-8,13-15,19,21,29H,9-12,17H2,1-4H3/b24-14-. The van der Waals surface area contributed by atoms with Crippen molar-refractivity contribution in [1.82, 2.24) is 14.5 Å². The van der Waals surface area contributed by atoms with Gasteiger partial charge in [0.1, 0.15) is 11.6 Å². The number of hydrogen-bond acceptors (Lipinski definition) is 3. The first-order valence-electron chi connectivity index (χ1n) is 11.6. The Hall–Kier alpha value is -3.30. The van der Waals surface area contributed by atoms with Crippen molar-refractivity contribution in [2.75, 3.05) is 26.8 Å². The number of likely N-dealkylation sites (tertiary alicyclic amines) is 1. The minimum Gasteiger partial charge on any atom is -0.383 e. The zero-order valence-corrected chi connectivity index (χ0v) is 19.9. The van der Waals surface area contributed by atoms with Crippen molar-refractivity contribution in [1.29, 1.82) is 5.26 Å². The molecule has 1 aliphatic rings. The number of nitriles is 1. The molecule has 1 saturated heterocycles. The first-order valence-corrected chi connectivity index (χ1v) is 11.6. The third kappa shape index (κ3) is 4.60. The molecule has 3 heterocycles. The smallest absolute Gasteiger partial charge is 0.264 e. The molecule has 1 aliphatic heterocycles. The number of aromatic nitrogens is 2. The Morgan fingerprint density at radius 1 is 1.27 bits per heavy atom. The van der Waals surface area contributed by atoms with Crippen LogP contribution in [0.2, 0.25) is 0 Å². The number of hydrogen-bond donors (Lipinski definition) is 1. The number of methoxy groups -OCH3 is 1. The first-order chi connectivity index (χ1) is 15.9. The lowest BCUT2D eigenvalue weighted by atomic mass is 9.93. The topological polar surface area (TPSA) is 74.1 Å². The molecule has 0 aliphatic carbocycles. The lowest BCUT2D eigenvalue weighted by Gasteiger charge is -2.31. The van der Waals surface area contributed by atoms with Gasteiger partial charge in [0.25, 0.3) is 5.91 Å². The highest BCUT2D eigenvalue weighted by Gasteiger charge is 2.27. The summed E-state index contributed by atoms with van der Waals surface area (Å²) in [5.41, 5.74) is 5.62. The normalized spacial score (nSPS) is 16.2. The fourth-order valence-corrected chi connectivity index (χ4v) is 5.12. The number of aromatic amines is 1. The molecule has 4 rings (SSSR count). The number of aryl methyl sites for hydroxylation is 1. The highest BCUT2D eigenvalue weighted by Crippen LogP contribution is 2.31. The van der Waals surface area contributed by atoms with Crippen LogP contribution in [0.5, 0.6) is 0 Å². The third-order valence-corrected chi connectivity index (χ3v) is 6.80. The van der Waals surface area contributed by atoms with E-state index >= 15 is 0 Å². The van der Waals surface area contributed by atoms with Crippen molar-refractivity contribution in [3.8, 4) is 6.07 Å². The first kappa shape index (κ1) is 22.9. The molecule has 1 aromatic carbocycles. The fraction of sp³-hybridized carbons (Fsp3) is 0.407. The number of carbonyl (C=O) groups is 1. The lowest BCUT2D eigenvalue weighted by Crippen LogP contribution is -2.38. The van der Waals surface area contributed by atoms with Gasteiger partial charge >= 0.3 is 0 Å². The van der Waals surface area contributed by atoms with Crippen molar-refractivity contribution in [2.45, 2.75) is 45.6 Å². The molecule has 33 heavy (non-hydrogen) atoms. The van der Waals surface area contributed by atoms with Gasteiger partial charge in [0.2, 0.25) is 0 Å². The van der Waals surface area contributed by atoms with E-state index in [1.165, 1.54) is 11.1 Å². The van der Waals surface area contributed by atoms with Gasteiger partial charge in [-0.1, -0.05) is 18.2 Å². The van der Waals surface area contributed by atoms with Gasteiger partial charge in [-0.3, -0.25) is 4.79 Å². The van der Waals surface area contributed by atoms with Crippen molar-refractivity contribution < 1.29 is 9.53 Å². The van der Waals surface area contributed by atoms with Crippen molar-refractivity contribution in [2.24, 2.45) is 0 Å². The van der Waals surface area contributed by atoms with E-state index in [1.807, 2.05) is 36.9 Å². The van der Waals surface area contributed by atoms with E-state index in [-0.39, 0.29) is 17.5 Å². The molecule has 2 aromatic heterocycles. The average Bonchev–Trinajstić information content (AvgIpc) is 3.37. The van der Waals surface area contributed by atoms with E-state index in [0.29, 0.717) is 25.6 Å². The van der Waals surface area contributed by atoms with E-state index in [0.717, 1.165) is 35.3 Å². The SMILES string of the molecule is COCC(C)n1c(C)cc(/C=C(/C#N)C(=O)N2CCC(c3cc4ccccc4[nH]3)CC2)c1C. The molecule has 1 fully saturated rings. The van der Waals surface area contributed by atoms with Crippen LogP contribution >= 0.6 is 0 Å². The van der Waals surface area contributed by atoms with Gasteiger partial charge in [-0.2, -0.15) is 5.26 Å². The van der Waals surface area contributed by atoms with E-state index in [4.69, 9.17) is 4.74 Å². The van der Waals surface area contributed by atoms with Gasteiger partial charge in [0, 0.05) is 48.7 Å². The number of ether oxygens (including phenoxy) is 1. The fourth-order valence-electron chi connectivity index (χ4n) is 5.12. The molecule has 172 valence electrons. The molecule has 0 saturated carbocycles. The summed E-state index contributed by atoms with van der Waals surface area (Å²) in [4.78, 5) is 18.5. The molecule has 3 aromatic rings. The second kappa shape index (κ2) is 9.68. The summed E-state index contributed by atoms with van der Waals surface area (Å²) in [6, 6.07) is 14.9. The Morgan fingerprint density at radius 2 is 2.00 bits per heavy atom. The van der Waals surface area contributed by atoms with Gasteiger partial charge in [-0.15, -0.1) is 0 Å². The number of fused-ring (bicyclic) bond motifs is 1. The minimum absolute atomic E-state index is 0.178. The van der Waals surface area contributed by atoms with E-state index in [9.17, 15) is 10.1 Å². The Labute approximate surface area is 195 Å². The van der Waals surface area contributed by atoms with Crippen LogP contribution in [0, 0.1) is 25.2 Å². The van der Waals surface area contributed by atoms with Crippen molar-refractivity contribution in [3.05, 3.63) is 64.6 Å². The zero-order chi connectivity index (χ0) is 23.5. The molecule has 1 N–H and O–H groups in total. The number of H-pyrrole nitrogens is 1. The number of benzene rings is 1. The van der Waals surface area contributed by atoms with Crippen LogP contribution in [-0.4, -0.2) is 47.2 Å². The maximum Gasteiger partial charge on any atom is 0.264 e. The van der Waals surface area contributed by atoms with Gasteiger partial charge in [-0.05, 0) is 68.8 Å². The second-order valence-electron chi connectivity index (χ2n) is 9.05. The quantitative estimate of drug-likeness (QED) is 0.424. The van der Waals surface area contributed by atoms with Crippen LogP contribution < -0.4 is 0 Å². The van der Waals surface area contributed by atoms with Gasteiger partial charge in [-0.25, -0.2) is 0 Å². The summed E-state index contributed by atoms with van der Waals surface area (Å²) in [7, 11) is 1.69. The zero-order valence-electron chi connectivity index (χ0n) is 19.9. The minimum atomic E-state index is -0.178. The average molecular weight is 445 g/mol. The molecule has 1 amide bonds. The number of para-hydroxylation sites is 1. The molecule has 0 radical (unpaired) electrons. The maximum atomic E-state index is 13.2. The van der Waals surface area contributed by atoms with Crippen LogP contribution in [0.25, 0.3) is 17.0 Å². The number of piperidine rings is 1. The largest absolute Gasteiger partial charge is 0.383 e. The van der Waals surface area contributed by atoms with Crippen LogP contribution in [-0.2, 0) is 9.53 Å². The van der Waals surface area contributed by atoms with Crippen molar-refractivity contribution in [3.63, 3.8) is 0 Å². The third-order valence-electron chi connectivity index (χ3n) is 6.80. The number of nitrogens with zero attached hydrogens (tertiary/aromatic N) is 3. The van der Waals surface area contributed by atoms with Crippen LogP contribution in [0.15, 0.2) is 42.0 Å². The van der Waals surface area contributed by atoms with Gasteiger partial charge in [0.15, 0.2) is 0 Å². The van der Waals surface area contributed by atoms with E-state index < -0.39 is 0 Å². The predicted molar refractivity (Wildman–Crippen MR) is 131 cm³/mol. The molecule has 1 atom stereocenters. The van der Waals surface area contributed by atoms with Crippen LogP contribution in [0.1, 0.15) is 54.4 Å². The molecule has 0 bridgehead atoms. The molecule has 0 spiro atoms. The summed E-state index contributed by atoms with van der Waals surface area (Å²) in [6.07, 6.45) is 3.52. The Balaban J connectivity index is 1.47.